The summed E-state index contributed by atoms with van der Waals surface area (Å²) >= 11 is 6.60. The zero-order chi connectivity index (χ0) is 14.5. The summed E-state index contributed by atoms with van der Waals surface area (Å²) in [5, 5.41) is -0.183. The minimum Gasteiger partial charge on any atom is -0.496 e. The molecule has 106 valence electrons. The summed E-state index contributed by atoms with van der Waals surface area (Å²) in [6, 6.07) is 16.5. The van der Waals surface area contributed by atoms with E-state index in [1.807, 2.05) is 24.3 Å². The fourth-order valence-electron chi connectivity index (χ4n) is 2.28. The molecule has 2 heteroatoms. The fraction of sp³-hybridized carbons (Fsp3) is 0.333. The molecule has 0 aliphatic heterocycles. The summed E-state index contributed by atoms with van der Waals surface area (Å²) in [6.45, 7) is 4.45. The molecule has 2 aromatic rings. The first kappa shape index (κ1) is 14.9. The van der Waals surface area contributed by atoms with Crippen LogP contribution in [0, 0.1) is 0 Å². The molecule has 0 aromatic heterocycles. The largest absolute Gasteiger partial charge is 0.496 e. The predicted molar refractivity (Wildman–Crippen MR) is 85.8 cm³/mol. The normalized spacial score (nSPS) is 13.8. The van der Waals surface area contributed by atoms with Crippen LogP contribution in [0.5, 0.6) is 5.75 Å². The zero-order valence-corrected chi connectivity index (χ0v) is 13.0. The van der Waals surface area contributed by atoms with Gasteiger partial charge in [-0.05, 0) is 29.5 Å². The van der Waals surface area contributed by atoms with Gasteiger partial charge in [-0.1, -0.05) is 56.3 Å². The number of rotatable bonds is 5. The van der Waals surface area contributed by atoms with Crippen LogP contribution in [-0.2, 0) is 0 Å². The van der Waals surface area contributed by atoms with Crippen molar-refractivity contribution in [3.05, 3.63) is 65.2 Å². The molecule has 0 aliphatic carbocycles. The highest BCUT2D eigenvalue weighted by atomic mass is 35.5. The van der Waals surface area contributed by atoms with E-state index in [1.165, 1.54) is 5.56 Å². The molecule has 0 spiro atoms. The second kappa shape index (κ2) is 6.81. The molecule has 2 rings (SSSR count). The summed E-state index contributed by atoms with van der Waals surface area (Å²) in [5.41, 5.74) is 3.47. The van der Waals surface area contributed by atoms with Crippen molar-refractivity contribution < 1.29 is 4.74 Å². The molecule has 0 aliphatic rings. The molecule has 0 heterocycles. The van der Waals surface area contributed by atoms with E-state index < -0.39 is 0 Å². The summed E-state index contributed by atoms with van der Waals surface area (Å²) in [6.07, 6.45) is 1.15. The third kappa shape index (κ3) is 3.16. The smallest absolute Gasteiger partial charge is 0.123 e. The van der Waals surface area contributed by atoms with Gasteiger partial charge in [0.1, 0.15) is 5.75 Å². The molecule has 1 nitrogen and oxygen atoms in total. The standard InChI is InChI=1S/C18H21ClO/c1-4-13(2)14-9-11-15(12-10-14)18(19)16-7-5-6-8-17(16)20-3/h5-13,18H,4H2,1-3H3. The number of benzene rings is 2. The van der Waals surface area contributed by atoms with Crippen LogP contribution < -0.4 is 4.74 Å². The van der Waals surface area contributed by atoms with Crippen molar-refractivity contribution in [3.63, 3.8) is 0 Å². The van der Waals surface area contributed by atoms with Gasteiger partial charge >= 0.3 is 0 Å². The highest BCUT2D eigenvalue weighted by molar-refractivity contribution is 6.22. The minimum atomic E-state index is -0.183. The van der Waals surface area contributed by atoms with E-state index in [2.05, 4.69) is 38.1 Å². The van der Waals surface area contributed by atoms with Gasteiger partial charge in [0.25, 0.3) is 0 Å². The molecular formula is C18H21ClO. The van der Waals surface area contributed by atoms with Crippen LogP contribution in [0.2, 0.25) is 0 Å². The highest BCUT2D eigenvalue weighted by Gasteiger charge is 2.15. The van der Waals surface area contributed by atoms with Gasteiger partial charge in [-0.25, -0.2) is 0 Å². The number of halogens is 1. The van der Waals surface area contributed by atoms with Crippen LogP contribution in [0.3, 0.4) is 0 Å². The second-order valence-electron chi connectivity index (χ2n) is 5.08. The summed E-state index contributed by atoms with van der Waals surface area (Å²) in [4.78, 5) is 0. The Bertz CT molecular complexity index is 548. The molecule has 2 atom stereocenters. The Morgan fingerprint density at radius 1 is 1.00 bits per heavy atom. The molecule has 0 fully saturated rings. The van der Waals surface area contributed by atoms with Crippen LogP contribution in [0.1, 0.15) is 48.3 Å². The molecule has 0 N–H and O–H groups in total. The lowest BCUT2D eigenvalue weighted by molar-refractivity contribution is 0.410. The van der Waals surface area contributed by atoms with Gasteiger partial charge in [0.15, 0.2) is 0 Å². The van der Waals surface area contributed by atoms with E-state index in [0.717, 1.165) is 23.3 Å². The number of para-hydroxylation sites is 1. The van der Waals surface area contributed by atoms with Gasteiger partial charge in [-0.3, -0.25) is 0 Å². The van der Waals surface area contributed by atoms with Gasteiger partial charge in [0, 0.05) is 5.56 Å². The Kier molecular flexibility index (Phi) is 5.08. The number of hydrogen-bond donors (Lipinski definition) is 0. The van der Waals surface area contributed by atoms with Crippen LogP contribution >= 0.6 is 11.6 Å². The van der Waals surface area contributed by atoms with Crippen molar-refractivity contribution in [1.82, 2.24) is 0 Å². The van der Waals surface area contributed by atoms with Crippen molar-refractivity contribution in [1.29, 1.82) is 0 Å². The van der Waals surface area contributed by atoms with Crippen LogP contribution in [0.15, 0.2) is 48.5 Å². The summed E-state index contributed by atoms with van der Waals surface area (Å²) in [5.74, 6) is 1.42. The van der Waals surface area contributed by atoms with Gasteiger partial charge < -0.3 is 4.74 Å². The van der Waals surface area contributed by atoms with Gasteiger partial charge in [0.05, 0.1) is 12.5 Å². The van der Waals surface area contributed by atoms with E-state index in [-0.39, 0.29) is 5.38 Å². The molecule has 0 bridgehead atoms. The maximum Gasteiger partial charge on any atom is 0.123 e. The maximum absolute atomic E-state index is 6.60. The lowest BCUT2D eigenvalue weighted by atomic mass is 9.95. The van der Waals surface area contributed by atoms with Crippen LogP contribution in [0.4, 0.5) is 0 Å². The number of ether oxygens (including phenoxy) is 1. The molecular weight excluding hydrogens is 268 g/mol. The van der Waals surface area contributed by atoms with Crippen LogP contribution in [-0.4, -0.2) is 7.11 Å². The third-order valence-corrected chi connectivity index (χ3v) is 4.31. The average molecular weight is 289 g/mol. The van der Waals surface area contributed by atoms with Crippen molar-refractivity contribution in [2.75, 3.05) is 7.11 Å². The Balaban J connectivity index is 2.27. The van der Waals surface area contributed by atoms with E-state index in [9.17, 15) is 0 Å². The Morgan fingerprint density at radius 2 is 1.60 bits per heavy atom. The lowest BCUT2D eigenvalue weighted by Crippen LogP contribution is -1.98. The quantitative estimate of drug-likeness (QED) is 0.657. The summed E-state index contributed by atoms with van der Waals surface area (Å²) in [7, 11) is 1.68. The Labute approximate surface area is 126 Å². The molecule has 2 aromatic carbocycles. The zero-order valence-electron chi connectivity index (χ0n) is 12.3. The van der Waals surface area contributed by atoms with E-state index >= 15 is 0 Å². The van der Waals surface area contributed by atoms with E-state index in [1.54, 1.807) is 7.11 Å². The number of hydrogen-bond acceptors (Lipinski definition) is 1. The molecule has 0 amide bonds. The van der Waals surface area contributed by atoms with E-state index in [4.69, 9.17) is 16.3 Å². The molecule has 0 radical (unpaired) electrons. The Hall–Kier alpha value is -1.47. The minimum absolute atomic E-state index is 0.183. The number of methoxy groups -OCH3 is 1. The molecule has 20 heavy (non-hydrogen) atoms. The first-order valence-electron chi connectivity index (χ1n) is 7.04. The van der Waals surface area contributed by atoms with Crippen molar-refractivity contribution >= 4 is 11.6 Å². The maximum atomic E-state index is 6.60. The highest BCUT2D eigenvalue weighted by Crippen LogP contribution is 2.35. The first-order chi connectivity index (χ1) is 9.67. The fourth-order valence-corrected chi connectivity index (χ4v) is 2.61. The predicted octanol–water partition coefficient (Wildman–Crippen LogP) is 5.54. The molecule has 0 saturated heterocycles. The summed E-state index contributed by atoms with van der Waals surface area (Å²) < 4.78 is 5.38. The third-order valence-electron chi connectivity index (χ3n) is 3.82. The van der Waals surface area contributed by atoms with Gasteiger partial charge in [-0.2, -0.15) is 0 Å². The lowest BCUT2D eigenvalue weighted by Gasteiger charge is -2.15. The molecule has 2 unspecified atom stereocenters. The van der Waals surface area contributed by atoms with Gasteiger partial charge in [0.2, 0.25) is 0 Å². The van der Waals surface area contributed by atoms with Crippen molar-refractivity contribution in [2.24, 2.45) is 0 Å². The van der Waals surface area contributed by atoms with Crippen LogP contribution in [0.25, 0.3) is 0 Å². The number of alkyl halides is 1. The van der Waals surface area contributed by atoms with Crippen molar-refractivity contribution in [2.45, 2.75) is 31.6 Å². The molecule has 0 saturated carbocycles. The van der Waals surface area contributed by atoms with Crippen molar-refractivity contribution in [3.8, 4) is 5.75 Å². The average Bonchev–Trinajstić information content (AvgIpc) is 2.53. The topological polar surface area (TPSA) is 9.23 Å². The monoisotopic (exact) mass is 288 g/mol. The second-order valence-corrected chi connectivity index (χ2v) is 5.52. The Morgan fingerprint density at radius 3 is 2.20 bits per heavy atom. The van der Waals surface area contributed by atoms with E-state index in [0.29, 0.717) is 5.92 Å². The SMILES string of the molecule is CCC(C)c1ccc(C(Cl)c2ccccc2OC)cc1. The first-order valence-corrected chi connectivity index (χ1v) is 7.47. The van der Waals surface area contributed by atoms with Gasteiger partial charge in [-0.15, -0.1) is 11.6 Å².